The average Bonchev–Trinajstić information content (AvgIpc) is 3.37. The van der Waals surface area contributed by atoms with E-state index in [1.165, 1.54) is 20.8 Å². The Morgan fingerprint density at radius 1 is 1.25 bits per heavy atom. The number of hydrogen-bond acceptors (Lipinski definition) is 7. The fraction of sp³-hybridized carbons (Fsp3) is 0.615. The molecule has 0 bridgehead atoms. The zero-order valence-electron chi connectivity index (χ0n) is 22.4. The molecule has 0 aromatic carbocycles. The molecule has 0 unspecified atom stereocenters. The number of halogens is 5. The minimum atomic E-state index is -4.86. The lowest BCUT2D eigenvalue weighted by Gasteiger charge is -2.25. The summed E-state index contributed by atoms with van der Waals surface area (Å²) < 4.78 is 70.9. The highest BCUT2D eigenvalue weighted by Crippen LogP contribution is 2.42. The number of alkyl halides is 5. The van der Waals surface area contributed by atoms with Gasteiger partial charge in [0.2, 0.25) is 0 Å². The van der Waals surface area contributed by atoms with Gasteiger partial charge in [-0.1, -0.05) is 19.3 Å². The van der Waals surface area contributed by atoms with Gasteiger partial charge in [0.05, 0.1) is 22.6 Å². The molecule has 0 radical (unpaired) electrons. The zero-order valence-corrected chi connectivity index (χ0v) is 23.2. The minimum Gasteiger partial charge on any atom is -0.389 e. The van der Waals surface area contributed by atoms with E-state index in [1.54, 1.807) is 0 Å². The van der Waals surface area contributed by atoms with Gasteiger partial charge in [0.1, 0.15) is 11.5 Å². The van der Waals surface area contributed by atoms with Crippen molar-refractivity contribution in [1.82, 2.24) is 20.2 Å². The number of pyridine rings is 1. The van der Waals surface area contributed by atoms with Gasteiger partial charge < -0.3 is 20.6 Å². The second-order valence-corrected chi connectivity index (χ2v) is 12.2. The van der Waals surface area contributed by atoms with Crippen molar-refractivity contribution < 1.29 is 36.6 Å². The molecule has 14 heteroatoms. The number of amides is 2. The van der Waals surface area contributed by atoms with Crippen molar-refractivity contribution in [3.05, 3.63) is 28.5 Å². The van der Waals surface area contributed by atoms with Gasteiger partial charge in [0.25, 0.3) is 17.7 Å². The fourth-order valence-electron chi connectivity index (χ4n) is 4.69. The molecule has 2 aromatic heterocycles. The summed E-state index contributed by atoms with van der Waals surface area (Å²) >= 11 is 0.528. The van der Waals surface area contributed by atoms with Gasteiger partial charge in [-0.2, -0.15) is 13.2 Å². The summed E-state index contributed by atoms with van der Waals surface area (Å²) in [6.45, 7) is 3.62. The van der Waals surface area contributed by atoms with Crippen molar-refractivity contribution in [2.45, 2.75) is 76.6 Å². The van der Waals surface area contributed by atoms with E-state index in [9.17, 15) is 36.6 Å². The van der Waals surface area contributed by atoms with E-state index in [-0.39, 0.29) is 22.2 Å². The second kappa shape index (κ2) is 11.2. The second-order valence-electron chi connectivity index (χ2n) is 11.2. The van der Waals surface area contributed by atoms with Crippen LogP contribution in [0, 0.1) is 5.92 Å². The SMILES string of the molecule is C[C@H]1CC(F)(F)CN1C(=O)c1nc(C(=O)NCC(C)(C)O)sc1-c1cnc(NCCC2CCC2)cc1C(F)(F)F. The lowest BCUT2D eigenvalue weighted by molar-refractivity contribution is -0.137. The van der Waals surface area contributed by atoms with Gasteiger partial charge in [0.15, 0.2) is 5.01 Å². The molecule has 1 aliphatic carbocycles. The van der Waals surface area contributed by atoms with Gasteiger partial charge in [-0.05, 0) is 39.2 Å². The lowest BCUT2D eigenvalue weighted by atomic mass is 9.83. The van der Waals surface area contributed by atoms with E-state index in [2.05, 4.69) is 20.6 Å². The number of likely N-dealkylation sites (tertiary alicyclic amines) is 1. The van der Waals surface area contributed by atoms with Crippen LogP contribution in [0.25, 0.3) is 10.4 Å². The Balaban J connectivity index is 1.72. The van der Waals surface area contributed by atoms with Crippen LogP contribution < -0.4 is 10.6 Å². The fourth-order valence-corrected chi connectivity index (χ4v) is 5.69. The van der Waals surface area contributed by atoms with E-state index >= 15 is 0 Å². The van der Waals surface area contributed by atoms with Gasteiger partial charge in [-0.3, -0.25) is 9.59 Å². The normalized spacial score (nSPS) is 19.4. The first-order valence-electron chi connectivity index (χ1n) is 13.1. The van der Waals surface area contributed by atoms with Crippen molar-refractivity contribution in [2.24, 2.45) is 5.92 Å². The molecule has 2 aliphatic rings. The molecule has 1 saturated heterocycles. The average molecular weight is 590 g/mol. The Kier molecular flexibility index (Phi) is 8.42. The Labute approximate surface area is 232 Å². The molecule has 40 heavy (non-hydrogen) atoms. The van der Waals surface area contributed by atoms with E-state index in [0.717, 1.165) is 42.8 Å². The summed E-state index contributed by atoms with van der Waals surface area (Å²) in [6.07, 6.45) is -0.358. The first-order chi connectivity index (χ1) is 18.5. The van der Waals surface area contributed by atoms with Crippen molar-refractivity contribution in [1.29, 1.82) is 0 Å². The molecule has 1 aliphatic heterocycles. The number of carbonyl (C=O) groups excluding carboxylic acids is 2. The molecule has 1 atom stereocenters. The van der Waals surface area contributed by atoms with Crippen LogP contribution in [0.5, 0.6) is 0 Å². The van der Waals surface area contributed by atoms with Crippen molar-refractivity contribution in [2.75, 3.05) is 25.0 Å². The largest absolute Gasteiger partial charge is 0.417 e. The summed E-state index contributed by atoms with van der Waals surface area (Å²) in [5.74, 6) is -4.45. The maximum atomic E-state index is 14.3. The topological polar surface area (TPSA) is 107 Å². The predicted molar refractivity (Wildman–Crippen MR) is 139 cm³/mol. The number of thiazole rings is 1. The summed E-state index contributed by atoms with van der Waals surface area (Å²) in [4.78, 5) is 34.9. The van der Waals surface area contributed by atoms with Crippen LogP contribution >= 0.6 is 11.3 Å². The Morgan fingerprint density at radius 2 is 1.95 bits per heavy atom. The first kappa shape index (κ1) is 30.1. The van der Waals surface area contributed by atoms with Gasteiger partial charge in [-0.15, -0.1) is 11.3 Å². The molecule has 0 spiro atoms. The van der Waals surface area contributed by atoms with Crippen molar-refractivity contribution in [3.63, 3.8) is 0 Å². The molecular formula is C26H32F5N5O3S. The first-order valence-corrected chi connectivity index (χ1v) is 13.9. The van der Waals surface area contributed by atoms with Crippen LogP contribution in [0.4, 0.5) is 27.8 Å². The quantitative estimate of drug-likeness (QED) is 0.348. The molecule has 2 amide bonds. The number of carbonyl (C=O) groups is 2. The highest BCUT2D eigenvalue weighted by atomic mass is 32.1. The number of anilines is 1. The molecule has 2 fully saturated rings. The number of aromatic nitrogens is 2. The van der Waals surface area contributed by atoms with Gasteiger partial charge in [0, 0.05) is 37.3 Å². The molecule has 3 heterocycles. The zero-order chi connectivity index (χ0) is 29.5. The molecular weight excluding hydrogens is 557 g/mol. The predicted octanol–water partition coefficient (Wildman–Crippen LogP) is 5.20. The van der Waals surface area contributed by atoms with Crippen LogP contribution in [0.1, 0.15) is 78.7 Å². The summed E-state index contributed by atoms with van der Waals surface area (Å²) in [5.41, 5.74) is -3.42. The van der Waals surface area contributed by atoms with E-state index in [4.69, 9.17) is 0 Å². The summed E-state index contributed by atoms with van der Waals surface area (Å²) in [6, 6.07) is -0.0583. The number of aliphatic hydroxyl groups is 1. The van der Waals surface area contributed by atoms with E-state index in [1.807, 2.05) is 0 Å². The Hall–Kier alpha value is -2.87. The number of nitrogens with one attached hydrogen (secondary N) is 2. The van der Waals surface area contributed by atoms with Gasteiger partial charge >= 0.3 is 6.18 Å². The monoisotopic (exact) mass is 589 g/mol. The third-order valence-electron chi connectivity index (χ3n) is 7.03. The van der Waals surface area contributed by atoms with Crippen LogP contribution in [0.2, 0.25) is 0 Å². The highest BCUT2D eigenvalue weighted by molar-refractivity contribution is 7.17. The molecule has 2 aromatic rings. The molecule has 220 valence electrons. The van der Waals surface area contributed by atoms with Crippen LogP contribution in [-0.2, 0) is 6.18 Å². The molecule has 4 rings (SSSR count). The van der Waals surface area contributed by atoms with E-state index < -0.39 is 65.3 Å². The number of rotatable bonds is 9. The highest BCUT2D eigenvalue weighted by Gasteiger charge is 2.46. The number of nitrogens with zero attached hydrogens (tertiary/aromatic N) is 3. The third-order valence-corrected chi connectivity index (χ3v) is 8.12. The van der Waals surface area contributed by atoms with Gasteiger partial charge in [-0.25, -0.2) is 18.7 Å². The molecule has 3 N–H and O–H groups in total. The lowest BCUT2D eigenvalue weighted by Crippen LogP contribution is -2.38. The summed E-state index contributed by atoms with van der Waals surface area (Å²) in [5, 5.41) is 14.9. The maximum Gasteiger partial charge on any atom is 0.417 e. The summed E-state index contributed by atoms with van der Waals surface area (Å²) in [7, 11) is 0. The standard InChI is InChI=1S/C26H32F5N5O3S/c1-14-10-25(27,28)13-36(14)23(38)19-20(40-22(35-19)21(37)34-12-24(2,3)39)16-11-33-18(9-17(16)26(29,30)31)32-8-7-15-5-4-6-15/h9,11,14-15,39H,4-8,10,12-13H2,1-3H3,(H,32,33)(H,34,37)/t14-/m0/s1. The number of hydrogen-bond donors (Lipinski definition) is 3. The molecule has 1 saturated carbocycles. The Morgan fingerprint density at radius 3 is 2.50 bits per heavy atom. The third kappa shape index (κ3) is 7.06. The van der Waals surface area contributed by atoms with Crippen molar-refractivity contribution >= 4 is 29.0 Å². The maximum absolute atomic E-state index is 14.3. The van der Waals surface area contributed by atoms with Crippen LogP contribution in [-0.4, -0.2) is 69.0 Å². The smallest absolute Gasteiger partial charge is 0.389 e. The van der Waals surface area contributed by atoms with E-state index in [0.29, 0.717) is 23.8 Å². The Bertz CT molecular complexity index is 1260. The van der Waals surface area contributed by atoms with Crippen molar-refractivity contribution in [3.8, 4) is 10.4 Å². The van der Waals surface area contributed by atoms with Crippen LogP contribution in [0.15, 0.2) is 12.3 Å². The van der Waals surface area contributed by atoms with Crippen LogP contribution in [0.3, 0.4) is 0 Å². The minimum absolute atomic E-state index is 0.00346. The molecule has 8 nitrogen and oxygen atoms in total.